The van der Waals surface area contributed by atoms with Crippen molar-refractivity contribution in [2.24, 2.45) is 0 Å². The van der Waals surface area contributed by atoms with Crippen molar-refractivity contribution in [3.8, 4) is 0 Å². The molecule has 0 aromatic carbocycles. The van der Waals surface area contributed by atoms with Gasteiger partial charge in [-0.15, -0.1) is 0 Å². The third-order valence-corrected chi connectivity index (χ3v) is 2.75. The topological polar surface area (TPSA) is 92.0 Å². The first-order valence-corrected chi connectivity index (χ1v) is 4.71. The van der Waals surface area contributed by atoms with E-state index in [1.807, 2.05) is 0 Å². The van der Waals surface area contributed by atoms with Gasteiger partial charge in [-0.3, -0.25) is 4.98 Å². The molecule has 0 amide bonds. The zero-order valence-corrected chi connectivity index (χ0v) is 7.73. The molecular formula is C9H13N3O2. The van der Waals surface area contributed by atoms with Gasteiger partial charge in [-0.25, -0.2) is 9.78 Å². The number of nitrogens with two attached hydrogens (primary N) is 1. The summed E-state index contributed by atoms with van der Waals surface area (Å²) < 4.78 is 0. The Morgan fingerprint density at radius 2 is 2.36 bits per heavy atom. The van der Waals surface area contributed by atoms with Gasteiger partial charge < -0.3 is 10.8 Å². The van der Waals surface area contributed by atoms with E-state index in [9.17, 15) is 9.90 Å². The molecule has 1 aromatic rings. The highest BCUT2D eigenvalue weighted by Crippen LogP contribution is 2.35. The van der Waals surface area contributed by atoms with E-state index in [0.29, 0.717) is 5.82 Å². The maximum atomic E-state index is 10.8. The molecule has 5 heteroatoms. The van der Waals surface area contributed by atoms with Crippen LogP contribution in [0.15, 0.2) is 11.0 Å². The molecule has 76 valence electrons. The van der Waals surface area contributed by atoms with E-state index in [1.165, 1.54) is 6.20 Å². The fourth-order valence-corrected chi connectivity index (χ4v) is 2.02. The Kier molecular flexibility index (Phi) is 2.25. The lowest BCUT2D eigenvalue weighted by molar-refractivity contribution is 0.164. The quantitative estimate of drug-likeness (QED) is 0.587. The normalized spacial score (nSPS) is 26.6. The molecule has 2 atom stereocenters. The molecule has 0 aliphatic heterocycles. The van der Waals surface area contributed by atoms with Crippen LogP contribution in [0.1, 0.15) is 30.7 Å². The van der Waals surface area contributed by atoms with Gasteiger partial charge in [-0.2, -0.15) is 0 Å². The Balaban J connectivity index is 2.36. The van der Waals surface area contributed by atoms with E-state index in [-0.39, 0.29) is 12.0 Å². The van der Waals surface area contributed by atoms with Gasteiger partial charge in [0.2, 0.25) is 0 Å². The summed E-state index contributed by atoms with van der Waals surface area (Å²) in [7, 11) is 0. The van der Waals surface area contributed by atoms with Gasteiger partial charge in [0.1, 0.15) is 5.82 Å². The fraction of sp³-hybridized carbons (Fsp3) is 0.556. The molecule has 0 spiro atoms. The van der Waals surface area contributed by atoms with Crippen molar-refractivity contribution in [2.75, 3.05) is 5.73 Å². The number of hydrogen-bond acceptors (Lipinski definition) is 4. The molecule has 2 rings (SSSR count). The maximum absolute atomic E-state index is 10.8. The average molecular weight is 195 g/mol. The second kappa shape index (κ2) is 3.42. The molecule has 1 aliphatic carbocycles. The van der Waals surface area contributed by atoms with E-state index in [2.05, 4.69) is 9.97 Å². The third kappa shape index (κ3) is 1.50. The summed E-state index contributed by atoms with van der Waals surface area (Å²) in [5.41, 5.74) is 5.97. The van der Waals surface area contributed by atoms with Gasteiger partial charge in [0.15, 0.2) is 0 Å². The molecular weight excluding hydrogens is 182 g/mol. The largest absolute Gasteiger partial charge is 0.392 e. The van der Waals surface area contributed by atoms with Gasteiger partial charge in [-0.1, -0.05) is 6.42 Å². The average Bonchev–Trinajstić information content (AvgIpc) is 2.52. The second-order valence-corrected chi connectivity index (χ2v) is 3.66. The number of nitrogen functional groups attached to an aromatic ring is 1. The first kappa shape index (κ1) is 9.21. The molecule has 4 N–H and O–H groups in total. The summed E-state index contributed by atoms with van der Waals surface area (Å²) in [6.07, 6.45) is 3.80. The van der Waals surface area contributed by atoms with Gasteiger partial charge in [-0.05, 0) is 12.8 Å². The molecule has 14 heavy (non-hydrogen) atoms. The predicted octanol–water partition coefficient (Wildman–Crippen LogP) is -0.0195. The molecule has 1 heterocycles. The van der Waals surface area contributed by atoms with Crippen molar-refractivity contribution in [1.29, 1.82) is 0 Å². The van der Waals surface area contributed by atoms with E-state index >= 15 is 0 Å². The van der Waals surface area contributed by atoms with Crippen LogP contribution < -0.4 is 11.4 Å². The monoisotopic (exact) mass is 195 g/mol. The Morgan fingerprint density at radius 1 is 1.57 bits per heavy atom. The fourth-order valence-electron chi connectivity index (χ4n) is 2.02. The SMILES string of the molecule is Nc1[nH]c(=O)ncc1C1CCCC1O. The van der Waals surface area contributed by atoms with E-state index in [1.54, 1.807) is 0 Å². The summed E-state index contributed by atoms with van der Waals surface area (Å²) in [5.74, 6) is 0.357. The van der Waals surface area contributed by atoms with E-state index in [4.69, 9.17) is 5.73 Å². The van der Waals surface area contributed by atoms with Crippen LogP contribution in [0.5, 0.6) is 0 Å². The van der Waals surface area contributed by atoms with Crippen molar-refractivity contribution in [1.82, 2.24) is 9.97 Å². The van der Waals surface area contributed by atoms with E-state index < -0.39 is 5.69 Å². The highest BCUT2D eigenvalue weighted by atomic mass is 16.3. The van der Waals surface area contributed by atoms with Crippen molar-refractivity contribution in [3.63, 3.8) is 0 Å². The minimum Gasteiger partial charge on any atom is -0.392 e. The van der Waals surface area contributed by atoms with Gasteiger partial charge >= 0.3 is 5.69 Å². The van der Waals surface area contributed by atoms with Crippen molar-refractivity contribution < 1.29 is 5.11 Å². The van der Waals surface area contributed by atoms with Crippen LogP contribution in [0.3, 0.4) is 0 Å². The Bertz CT molecular complexity index is 388. The zero-order chi connectivity index (χ0) is 10.1. The van der Waals surface area contributed by atoms with Crippen molar-refractivity contribution in [3.05, 3.63) is 22.2 Å². The third-order valence-electron chi connectivity index (χ3n) is 2.75. The zero-order valence-electron chi connectivity index (χ0n) is 7.73. The number of H-pyrrole nitrogens is 1. The maximum Gasteiger partial charge on any atom is 0.346 e. The molecule has 5 nitrogen and oxygen atoms in total. The first-order valence-electron chi connectivity index (χ1n) is 4.71. The Labute approximate surface area is 81.0 Å². The number of hydrogen-bond donors (Lipinski definition) is 3. The summed E-state index contributed by atoms with van der Waals surface area (Å²) >= 11 is 0. The van der Waals surface area contributed by atoms with Crippen LogP contribution in [0.25, 0.3) is 0 Å². The van der Waals surface area contributed by atoms with Gasteiger partial charge in [0.25, 0.3) is 0 Å². The molecule has 0 radical (unpaired) electrons. The van der Waals surface area contributed by atoms with Crippen LogP contribution in [-0.4, -0.2) is 21.2 Å². The number of nitrogens with one attached hydrogen (secondary N) is 1. The predicted molar refractivity (Wildman–Crippen MR) is 51.9 cm³/mol. The smallest absolute Gasteiger partial charge is 0.346 e. The number of anilines is 1. The lowest BCUT2D eigenvalue weighted by Crippen LogP contribution is -2.19. The molecule has 1 aliphatic rings. The van der Waals surface area contributed by atoms with Gasteiger partial charge in [0, 0.05) is 17.7 Å². The number of nitrogens with zero attached hydrogens (tertiary/aromatic N) is 1. The second-order valence-electron chi connectivity index (χ2n) is 3.66. The Hall–Kier alpha value is -1.36. The van der Waals surface area contributed by atoms with E-state index in [0.717, 1.165) is 24.8 Å². The number of rotatable bonds is 1. The minimum absolute atomic E-state index is 0.0272. The van der Waals surface area contributed by atoms with Crippen molar-refractivity contribution in [2.45, 2.75) is 31.3 Å². The standard InChI is InChI=1S/C9H13N3O2/c10-8-6(4-11-9(14)12-8)5-2-1-3-7(5)13/h4-5,7,13H,1-3H2,(H3,10,11,12,14). The van der Waals surface area contributed by atoms with Crippen LogP contribution in [-0.2, 0) is 0 Å². The van der Waals surface area contributed by atoms with Gasteiger partial charge in [0.05, 0.1) is 6.10 Å². The summed E-state index contributed by atoms with van der Waals surface area (Å²) in [4.78, 5) is 16.9. The Morgan fingerprint density at radius 3 is 2.93 bits per heavy atom. The minimum atomic E-state index is -0.446. The summed E-state index contributed by atoms with van der Waals surface area (Å²) in [5, 5.41) is 9.66. The molecule has 2 unspecified atom stereocenters. The van der Waals surface area contributed by atoms with Crippen LogP contribution in [0.4, 0.5) is 5.82 Å². The lowest BCUT2D eigenvalue weighted by atomic mass is 9.98. The molecule has 1 aromatic heterocycles. The lowest BCUT2D eigenvalue weighted by Gasteiger charge is -2.15. The first-order chi connectivity index (χ1) is 6.68. The number of aliphatic hydroxyl groups is 1. The molecule has 0 bridgehead atoms. The molecule has 1 saturated carbocycles. The number of aliphatic hydroxyl groups excluding tert-OH is 1. The highest BCUT2D eigenvalue weighted by molar-refractivity contribution is 5.40. The van der Waals surface area contributed by atoms with Crippen LogP contribution >= 0.6 is 0 Å². The number of aromatic amines is 1. The molecule has 1 fully saturated rings. The van der Waals surface area contributed by atoms with Crippen LogP contribution in [0, 0.1) is 0 Å². The highest BCUT2D eigenvalue weighted by Gasteiger charge is 2.28. The van der Waals surface area contributed by atoms with Crippen LogP contribution in [0.2, 0.25) is 0 Å². The summed E-state index contributed by atoms with van der Waals surface area (Å²) in [6.45, 7) is 0. The molecule has 0 saturated heterocycles. The number of aromatic nitrogens is 2. The summed E-state index contributed by atoms with van der Waals surface area (Å²) in [6, 6.07) is 0. The van der Waals surface area contributed by atoms with Crippen molar-refractivity contribution >= 4 is 5.82 Å².